The third-order valence-electron chi connectivity index (χ3n) is 3.83. The predicted molar refractivity (Wildman–Crippen MR) is 85.4 cm³/mol. The second kappa shape index (κ2) is 9.19. The summed E-state index contributed by atoms with van der Waals surface area (Å²) < 4.78 is 5.78. The molecule has 0 radical (unpaired) electrons. The number of likely N-dealkylation sites (N-methyl/N-ethyl adjacent to an activating group) is 1. The molecule has 0 amide bonds. The molecule has 1 rings (SSSR count). The minimum Gasteiger partial charge on any atom is -0.373 e. The van der Waals surface area contributed by atoms with E-state index < -0.39 is 0 Å². The first-order valence-electron chi connectivity index (χ1n) is 8.02. The van der Waals surface area contributed by atoms with E-state index in [2.05, 4.69) is 48.2 Å². The van der Waals surface area contributed by atoms with Gasteiger partial charge in [0.25, 0.3) is 0 Å². The maximum Gasteiger partial charge on any atom is 0.191 e. The molecule has 0 aromatic rings. The fraction of sp³-hybridized carbons (Fsp3) is 0.933. The van der Waals surface area contributed by atoms with Gasteiger partial charge in [-0.05, 0) is 39.8 Å². The molecule has 0 aromatic carbocycles. The molecule has 1 aliphatic rings. The molecular weight excluding hydrogens is 252 g/mol. The summed E-state index contributed by atoms with van der Waals surface area (Å²) in [6.45, 7) is 15.3. The minimum absolute atomic E-state index is 0.0682. The third kappa shape index (κ3) is 6.09. The molecule has 118 valence electrons. The van der Waals surface area contributed by atoms with Crippen molar-refractivity contribution in [3.63, 3.8) is 0 Å². The van der Waals surface area contributed by atoms with Crippen LogP contribution in [0, 0.1) is 0 Å². The molecule has 1 saturated heterocycles. The lowest BCUT2D eigenvalue weighted by Crippen LogP contribution is -2.42. The summed E-state index contributed by atoms with van der Waals surface area (Å²) in [4.78, 5) is 7.07. The largest absolute Gasteiger partial charge is 0.373 e. The highest BCUT2D eigenvalue weighted by Gasteiger charge is 2.29. The number of hydrogen-bond donors (Lipinski definition) is 2. The van der Waals surface area contributed by atoms with E-state index in [1.54, 1.807) is 0 Å². The van der Waals surface area contributed by atoms with Crippen molar-refractivity contribution in [2.45, 2.75) is 46.1 Å². The van der Waals surface area contributed by atoms with Gasteiger partial charge >= 0.3 is 0 Å². The molecular formula is C15H32N4O. The molecule has 0 saturated carbocycles. The Balaban J connectivity index is 2.38. The average Bonchev–Trinajstić information content (AvgIpc) is 2.88. The summed E-state index contributed by atoms with van der Waals surface area (Å²) in [5.41, 5.74) is -0.0682. The number of nitrogens with zero attached hydrogens (tertiary/aromatic N) is 2. The topological polar surface area (TPSA) is 48.9 Å². The number of nitrogens with one attached hydrogen (secondary N) is 2. The standard InChI is InChI=1S/C15H32N4O/c1-5-16-14(17-10-11-19(6-2)7-3)18-13-15(4)9-8-12-20-15/h5-13H2,1-4H3,(H2,16,17,18). The Bertz CT molecular complexity index is 284. The number of ether oxygens (including phenoxy) is 1. The normalized spacial score (nSPS) is 23.4. The molecule has 0 bridgehead atoms. The highest BCUT2D eigenvalue weighted by Crippen LogP contribution is 2.24. The monoisotopic (exact) mass is 284 g/mol. The van der Waals surface area contributed by atoms with Crippen molar-refractivity contribution in [1.29, 1.82) is 0 Å². The van der Waals surface area contributed by atoms with Crippen molar-refractivity contribution in [1.82, 2.24) is 15.5 Å². The molecule has 1 atom stereocenters. The van der Waals surface area contributed by atoms with Crippen LogP contribution in [-0.4, -0.2) is 62.3 Å². The summed E-state index contributed by atoms with van der Waals surface area (Å²) in [6, 6.07) is 0. The maximum atomic E-state index is 5.78. The van der Waals surface area contributed by atoms with E-state index in [9.17, 15) is 0 Å². The van der Waals surface area contributed by atoms with Gasteiger partial charge in [0.1, 0.15) is 0 Å². The first kappa shape index (κ1) is 17.2. The van der Waals surface area contributed by atoms with Gasteiger partial charge in [-0.25, -0.2) is 0 Å². The Morgan fingerprint density at radius 3 is 2.55 bits per heavy atom. The molecule has 0 aromatic heterocycles. The molecule has 0 aliphatic carbocycles. The van der Waals surface area contributed by atoms with Crippen molar-refractivity contribution in [3.05, 3.63) is 0 Å². The molecule has 2 N–H and O–H groups in total. The van der Waals surface area contributed by atoms with Gasteiger partial charge in [-0.15, -0.1) is 0 Å². The van der Waals surface area contributed by atoms with Crippen LogP contribution in [0.25, 0.3) is 0 Å². The lowest BCUT2D eigenvalue weighted by molar-refractivity contribution is 0.0283. The van der Waals surface area contributed by atoms with Crippen LogP contribution in [0.4, 0.5) is 0 Å². The van der Waals surface area contributed by atoms with Crippen LogP contribution in [0.1, 0.15) is 40.5 Å². The summed E-state index contributed by atoms with van der Waals surface area (Å²) in [5, 5.41) is 6.70. The van der Waals surface area contributed by atoms with Crippen LogP contribution in [0.2, 0.25) is 0 Å². The molecule has 20 heavy (non-hydrogen) atoms. The van der Waals surface area contributed by atoms with Gasteiger partial charge in [-0.1, -0.05) is 13.8 Å². The summed E-state index contributed by atoms with van der Waals surface area (Å²) in [5.74, 6) is 0.899. The van der Waals surface area contributed by atoms with E-state index in [0.717, 1.165) is 64.7 Å². The Hall–Kier alpha value is -0.810. The summed E-state index contributed by atoms with van der Waals surface area (Å²) in [7, 11) is 0. The lowest BCUT2D eigenvalue weighted by Gasteiger charge is -2.22. The van der Waals surface area contributed by atoms with Gasteiger partial charge in [-0.2, -0.15) is 0 Å². The van der Waals surface area contributed by atoms with Crippen molar-refractivity contribution in [3.8, 4) is 0 Å². The Labute approximate surface area is 124 Å². The van der Waals surface area contributed by atoms with Crippen molar-refractivity contribution in [2.75, 3.05) is 45.9 Å². The second-order valence-electron chi connectivity index (χ2n) is 5.55. The van der Waals surface area contributed by atoms with Crippen molar-refractivity contribution in [2.24, 2.45) is 4.99 Å². The zero-order valence-corrected chi connectivity index (χ0v) is 13.7. The maximum absolute atomic E-state index is 5.78. The minimum atomic E-state index is -0.0682. The SMILES string of the molecule is CCNC(=NCC1(C)CCCO1)NCCN(CC)CC. The zero-order valence-electron chi connectivity index (χ0n) is 13.7. The predicted octanol–water partition coefficient (Wildman–Crippen LogP) is 1.45. The van der Waals surface area contributed by atoms with Gasteiger partial charge < -0.3 is 20.3 Å². The van der Waals surface area contributed by atoms with E-state index in [1.165, 1.54) is 0 Å². The van der Waals surface area contributed by atoms with Crippen LogP contribution in [0.15, 0.2) is 4.99 Å². The summed E-state index contributed by atoms with van der Waals surface area (Å²) >= 11 is 0. The second-order valence-corrected chi connectivity index (χ2v) is 5.55. The molecule has 0 spiro atoms. The molecule has 1 fully saturated rings. The Kier molecular flexibility index (Phi) is 7.92. The van der Waals surface area contributed by atoms with Crippen LogP contribution in [0.5, 0.6) is 0 Å². The highest BCUT2D eigenvalue weighted by atomic mass is 16.5. The number of aliphatic imine (C=N–C) groups is 1. The molecule has 1 heterocycles. The van der Waals surface area contributed by atoms with Crippen LogP contribution in [-0.2, 0) is 4.74 Å². The van der Waals surface area contributed by atoms with E-state index in [0.29, 0.717) is 0 Å². The Morgan fingerprint density at radius 2 is 2.00 bits per heavy atom. The first-order valence-corrected chi connectivity index (χ1v) is 8.02. The quantitative estimate of drug-likeness (QED) is 0.523. The van der Waals surface area contributed by atoms with Crippen LogP contribution < -0.4 is 10.6 Å². The Morgan fingerprint density at radius 1 is 1.25 bits per heavy atom. The fourth-order valence-electron chi connectivity index (χ4n) is 2.42. The molecule has 5 heteroatoms. The van der Waals surface area contributed by atoms with Gasteiger partial charge in [0, 0.05) is 26.2 Å². The van der Waals surface area contributed by atoms with Crippen LogP contribution >= 0.6 is 0 Å². The first-order chi connectivity index (χ1) is 9.63. The average molecular weight is 284 g/mol. The fourth-order valence-corrected chi connectivity index (χ4v) is 2.42. The summed E-state index contributed by atoms with van der Waals surface area (Å²) in [6.07, 6.45) is 2.26. The third-order valence-corrected chi connectivity index (χ3v) is 3.83. The number of guanidine groups is 1. The zero-order chi connectivity index (χ0) is 14.8. The van der Waals surface area contributed by atoms with E-state index in [4.69, 9.17) is 4.74 Å². The highest BCUT2D eigenvalue weighted by molar-refractivity contribution is 5.79. The van der Waals surface area contributed by atoms with E-state index >= 15 is 0 Å². The van der Waals surface area contributed by atoms with Crippen molar-refractivity contribution < 1.29 is 4.74 Å². The van der Waals surface area contributed by atoms with Gasteiger partial charge in [0.2, 0.25) is 0 Å². The van der Waals surface area contributed by atoms with Gasteiger partial charge in [0.05, 0.1) is 12.1 Å². The molecule has 1 aliphatic heterocycles. The number of rotatable bonds is 8. The smallest absolute Gasteiger partial charge is 0.191 e. The van der Waals surface area contributed by atoms with Gasteiger partial charge in [0.15, 0.2) is 5.96 Å². The van der Waals surface area contributed by atoms with Crippen LogP contribution in [0.3, 0.4) is 0 Å². The number of hydrogen-bond acceptors (Lipinski definition) is 3. The van der Waals surface area contributed by atoms with Gasteiger partial charge in [-0.3, -0.25) is 4.99 Å². The van der Waals surface area contributed by atoms with Crippen molar-refractivity contribution >= 4 is 5.96 Å². The molecule has 5 nitrogen and oxygen atoms in total. The molecule has 1 unspecified atom stereocenters. The van der Waals surface area contributed by atoms with E-state index in [1.807, 2.05) is 0 Å². The lowest BCUT2D eigenvalue weighted by atomic mass is 10.0. The van der Waals surface area contributed by atoms with E-state index in [-0.39, 0.29) is 5.60 Å².